The van der Waals surface area contributed by atoms with Crippen LogP contribution in [0.5, 0.6) is 0 Å². The minimum atomic E-state index is -4.09. The zero-order chi connectivity index (χ0) is 28.7. The molecular weight excluding hydrogens is 510 g/mol. The Morgan fingerprint density at radius 1 is 0.872 bits per heavy atom. The van der Waals surface area contributed by atoms with Gasteiger partial charge in [-0.05, 0) is 81.5 Å². The highest BCUT2D eigenvalue weighted by Crippen LogP contribution is 2.29. The summed E-state index contributed by atoms with van der Waals surface area (Å²) in [6.07, 6.45) is 0.763. The fraction of sp³-hybridized carbons (Fsp3) is 0.355. The molecule has 0 saturated carbocycles. The zero-order valence-corrected chi connectivity index (χ0v) is 24.5. The number of hydrogen-bond acceptors (Lipinski definition) is 4. The van der Waals surface area contributed by atoms with Crippen LogP contribution in [0.3, 0.4) is 0 Å². The molecule has 0 aliphatic carbocycles. The van der Waals surface area contributed by atoms with E-state index in [-0.39, 0.29) is 17.3 Å². The molecule has 0 aliphatic heterocycles. The number of benzene rings is 3. The summed E-state index contributed by atoms with van der Waals surface area (Å²) < 4.78 is 29.2. The summed E-state index contributed by atoms with van der Waals surface area (Å²) in [6.45, 7) is 11.4. The van der Waals surface area contributed by atoms with Gasteiger partial charge in [0.05, 0.1) is 10.6 Å². The van der Waals surface area contributed by atoms with E-state index in [1.807, 2.05) is 71.0 Å². The molecule has 1 atom stereocenters. The number of amides is 2. The van der Waals surface area contributed by atoms with Crippen molar-refractivity contribution in [2.45, 2.75) is 65.4 Å². The van der Waals surface area contributed by atoms with Gasteiger partial charge < -0.3 is 10.2 Å². The van der Waals surface area contributed by atoms with Gasteiger partial charge in [-0.3, -0.25) is 13.9 Å². The average molecular weight is 550 g/mol. The van der Waals surface area contributed by atoms with Gasteiger partial charge in [0.1, 0.15) is 12.6 Å². The first kappa shape index (κ1) is 29.9. The highest BCUT2D eigenvalue weighted by molar-refractivity contribution is 7.92. The Balaban J connectivity index is 2.07. The lowest BCUT2D eigenvalue weighted by atomic mass is 10.1. The number of rotatable bonds is 11. The number of hydrogen-bond donors (Lipinski definition) is 1. The lowest BCUT2D eigenvalue weighted by Crippen LogP contribution is -2.51. The summed E-state index contributed by atoms with van der Waals surface area (Å²) in [7, 11) is -4.09. The smallest absolute Gasteiger partial charge is 0.264 e. The van der Waals surface area contributed by atoms with Gasteiger partial charge in [0.15, 0.2) is 0 Å². The molecule has 0 heterocycles. The summed E-state index contributed by atoms with van der Waals surface area (Å²) in [5, 5.41) is 2.87. The number of carbonyl (C=O) groups is 2. The number of nitrogens with zero attached hydrogens (tertiary/aromatic N) is 2. The highest BCUT2D eigenvalue weighted by Gasteiger charge is 2.33. The van der Waals surface area contributed by atoms with Gasteiger partial charge in [-0.25, -0.2) is 8.42 Å². The second-order valence-electron chi connectivity index (χ2n) is 10.0. The molecule has 1 N–H and O–H groups in total. The van der Waals surface area contributed by atoms with Crippen LogP contribution >= 0.6 is 0 Å². The fourth-order valence-corrected chi connectivity index (χ4v) is 5.76. The van der Waals surface area contributed by atoms with Gasteiger partial charge in [0, 0.05) is 13.1 Å². The molecule has 2 amide bonds. The summed E-state index contributed by atoms with van der Waals surface area (Å²) >= 11 is 0. The molecule has 0 saturated heterocycles. The first-order valence-corrected chi connectivity index (χ1v) is 14.7. The Morgan fingerprint density at radius 3 is 2.15 bits per heavy atom. The Hall–Kier alpha value is -3.65. The van der Waals surface area contributed by atoms with Crippen molar-refractivity contribution in [2.24, 2.45) is 0 Å². The van der Waals surface area contributed by atoms with Gasteiger partial charge in [0.25, 0.3) is 10.0 Å². The van der Waals surface area contributed by atoms with E-state index in [0.29, 0.717) is 12.2 Å². The molecule has 3 aromatic rings. The molecule has 7 nitrogen and oxygen atoms in total. The van der Waals surface area contributed by atoms with Crippen LogP contribution in [0.4, 0.5) is 5.69 Å². The van der Waals surface area contributed by atoms with E-state index >= 15 is 0 Å². The maximum absolute atomic E-state index is 14.0. The van der Waals surface area contributed by atoms with Gasteiger partial charge in [0.2, 0.25) is 11.8 Å². The van der Waals surface area contributed by atoms with Crippen molar-refractivity contribution in [3.8, 4) is 0 Å². The summed E-state index contributed by atoms with van der Waals surface area (Å²) in [6, 6.07) is 19.0. The minimum Gasteiger partial charge on any atom is -0.354 e. The molecule has 208 valence electrons. The number of anilines is 1. The summed E-state index contributed by atoms with van der Waals surface area (Å²) in [5.74, 6) is -0.743. The molecular formula is C31H39N3O4S. The lowest BCUT2D eigenvalue weighted by molar-refractivity contribution is -0.139. The Kier molecular flexibility index (Phi) is 9.92. The van der Waals surface area contributed by atoms with E-state index in [0.717, 1.165) is 34.2 Å². The second-order valence-corrected chi connectivity index (χ2v) is 11.9. The van der Waals surface area contributed by atoms with Crippen LogP contribution in [0.1, 0.15) is 48.1 Å². The van der Waals surface area contributed by atoms with Gasteiger partial charge in [-0.15, -0.1) is 0 Å². The molecule has 0 unspecified atom stereocenters. The standard InChI is InChI=1S/C31H39N3O4S/c1-7-18-32-31(36)26(6)33(20-27-11-9-8-10-24(27)4)30(35)21-34(29-19-23(3)12-15-25(29)5)39(37,38)28-16-13-22(2)14-17-28/h8-17,19,26H,7,18,20-21H2,1-6H3,(H,32,36)/t26-/m0/s1. The molecule has 3 aromatic carbocycles. The van der Waals surface area contributed by atoms with Crippen molar-refractivity contribution in [2.75, 3.05) is 17.4 Å². The topological polar surface area (TPSA) is 86.8 Å². The SMILES string of the molecule is CCCNC(=O)[C@H](C)N(Cc1ccccc1C)C(=O)CN(c1cc(C)ccc1C)S(=O)(=O)c1ccc(C)cc1. The quantitative estimate of drug-likeness (QED) is 0.362. The van der Waals surface area contributed by atoms with Crippen LogP contribution in [-0.2, 0) is 26.2 Å². The molecule has 0 aliphatic rings. The van der Waals surface area contributed by atoms with Crippen molar-refractivity contribution >= 4 is 27.5 Å². The number of carbonyl (C=O) groups excluding carboxylic acids is 2. The minimum absolute atomic E-state index is 0.0981. The van der Waals surface area contributed by atoms with Crippen molar-refractivity contribution in [3.05, 3.63) is 94.5 Å². The first-order chi connectivity index (χ1) is 18.4. The molecule has 0 aromatic heterocycles. The first-order valence-electron chi connectivity index (χ1n) is 13.2. The molecule has 0 radical (unpaired) electrons. The van der Waals surface area contributed by atoms with Crippen LogP contribution in [0.2, 0.25) is 0 Å². The normalized spacial score (nSPS) is 12.1. The number of sulfonamides is 1. The monoisotopic (exact) mass is 549 g/mol. The van der Waals surface area contributed by atoms with Gasteiger partial charge in [-0.1, -0.05) is 61.0 Å². The second kappa shape index (κ2) is 12.9. The molecule has 39 heavy (non-hydrogen) atoms. The van der Waals surface area contributed by atoms with Crippen LogP contribution in [-0.4, -0.2) is 44.3 Å². The maximum Gasteiger partial charge on any atom is 0.264 e. The third kappa shape index (κ3) is 7.26. The van der Waals surface area contributed by atoms with E-state index in [9.17, 15) is 18.0 Å². The molecule has 0 spiro atoms. The predicted octanol–water partition coefficient (Wildman–Crippen LogP) is 5.06. The predicted molar refractivity (Wildman–Crippen MR) is 156 cm³/mol. The Labute approximate surface area is 232 Å². The Bertz CT molecular complexity index is 1420. The lowest BCUT2D eigenvalue weighted by Gasteiger charge is -2.33. The van der Waals surface area contributed by atoms with Crippen LogP contribution in [0.15, 0.2) is 71.6 Å². The number of nitrogens with one attached hydrogen (secondary N) is 1. The van der Waals surface area contributed by atoms with E-state index in [2.05, 4.69) is 5.32 Å². The molecule has 0 bridgehead atoms. The molecule has 8 heteroatoms. The average Bonchev–Trinajstić information content (AvgIpc) is 2.91. The van der Waals surface area contributed by atoms with Crippen molar-refractivity contribution < 1.29 is 18.0 Å². The third-order valence-electron chi connectivity index (χ3n) is 6.84. The molecule has 0 fully saturated rings. The van der Waals surface area contributed by atoms with Gasteiger partial charge in [-0.2, -0.15) is 0 Å². The van der Waals surface area contributed by atoms with Crippen LogP contribution in [0.25, 0.3) is 0 Å². The van der Waals surface area contributed by atoms with Crippen molar-refractivity contribution in [1.29, 1.82) is 0 Å². The number of aryl methyl sites for hydroxylation is 4. The van der Waals surface area contributed by atoms with Crippen molar-refractivity contribution in [1.82, 2.24) is 10.2 Å². The van der Waals surface area contributed by atoms with E-state index in [1.165, 1.54) is 9.21 Å². The van der Waals surface area contributed by atoms with E-state index < -0.39 is 28.5 Å². The van der Waals surface area contributed by atoms with Crippen molar-refractivity contribution in [3.63, 3.8) is 0 Å². The van der Waals surface area contributed by atoms with Crippen LogP contribution in [0, 0.1) is 27.7 Å². The largest absolute Gasteiger partial charge is 0.354 e. The van der Waals surface area contributed by atoms with E-state index in [4.69, 9.17) is 0 Å². The van der Waals surface area contributed by atoms with Crippen LogP contribution < -0.4 is 9.62 Å². The fourth-order valence-electron chi connectivity index (χ4n) is 4.29. The highest BCUT2D eigenvalue weighted by atomic mass is 32.2. The summed E-state index contributed by atoms with van der Waals surface area (Å²) in [4.78, 5) is 28.6. The summed E-state index contributed by atoms with van der Waals surface area (Å²) in [5.41, 5.74) is 4.83. The Morgan fingerprint density at radius 2 is 1.51 bits per heavy atom. The maximum atomic E-state index is 14.0. The van der Waals surface area contributed by atoms with Gasteiger partial charge >= 0.3 is 0 Å². The van der Waals surface area contributed by atoms with E-state index in [1.54, 1.807) is 37.3 Å². The zero-order valence-electron chi connectivity index (χ0n) is 23.7. The molecule has 3 rings (SSSR count). The third-order valence-corrected chi connectivity index (χ3v) is 8.61.